The van der Waals surface area contributed by atoms with Crippen LogP contribution in [0, 0.1) is 5.92 Å². The molecular formula is C18H38N2. The summed E-state index contributed by atoms with van der Waals surface area (Å²) in [5.41, 5.74) is 6.61. The number of unbranched alkanes of at least 4 members (excludes halogenated alkanes) is 2. The number of nitrogens with two attached hydrogens (primary N) is 1. The van der Waals surface area contributed by atoms with E-state index in [2.05, 4.69) is 25.7 Å². The summed E-state index contributed by atoms with van der Waals surface area (Å²) in [6, 6.07) is 0. The molecule has 0 bridgehead atoms. The molecule has 1 aliphatic rings. The van der Waals surface area contributed by atoms with Crippen LogP contribution in [0.25, 0.3) is 0 Å². The summed E-state index contributed by atoms with van der Waals surface area (Å²) in [6.07, 6.45) is 13.4. The first-order valence-corrected chi connectivity index (χ1v) is 9.17. The Labute approximate surface area is 127 Å². The molecule has 2 atom stereocenters. The van der Waals surface area contributed by atoms with Crippen LogP contribution in [0.15, 0.2) is 0 Å². The fraction of sp³-hybridized carbons (Fsp3) is 1.00. The molecule has 0 radical (unpaired) electrons. The molecule has 2 N–H and O–H groups in total. The summed E-state index contributed by atoms with van der Waals surface area (Å²) in [7, 11) is 0. The van der Waals surface area contributed by atoms with E-state index in [-0.39, 0.29) is 0 Å². The maximum atomic E-state index is 6.30. The van der Waals surface area contributed by atoms with Gasteiger partial charge in [0.2, 0.25) is 0 Å². The van der Waals surface area contributed by atoms with Crippen LogP contribution in [0.3, 0.4) is 0 Å². The molecule has 1 rings (SSSR count). The van der Waals surface area contributed by atoms with Gasteiger partial charge in [0, 0.05) is 12.1 Å². The number of hydrogen-bond donors (Lipinski definition) is 1. The highest BCUT2D eigenvalue weighted by atomic mass is 15.2. The molecule has 0 aromatic carbocycles. The molecule has 0 heterocycles. The maximum absolute atomic E-state index is 6.30. The highest BCUT2D eigenvalue weighted by Crippen LogP contribution is 2.35. The van der Waals surface area contributed by atoms with Gasteiger partial charge < -0.3 is 5.73 Å². The normalized spacial score (nSPS) is 27.8. The van der Waals surface area contributed by atoms with Crippen molar-refractivity contribution in [3.05, 3.63) is 0 Å². The molecule has 2 unspecified atom stereocenters. The van der Waals surface area contributed by atoms with Gasteiger partial charge in [-0.3, -0.25) is 4.90 Å². The smallest absolute Gasteiger partial charge is 0.0331 e. The van der Waals surface area contributed by atoms with Crippen LogP contribution in [0.1, 0.15) is 85.0 Å². The highest BCUT2D eigenvalue weighted by molar-refractivity contribution is 4.94. The molecule has 1 fully saturated rings. The summed E-state index contributed by atoms with van der Waals surface area (Å²) in [6.45, 7) is 10.3. The second kappa shape index (κ2) is 9.78. The first-order valence-electron chi connectivity index (χ1n) is 9.17. The van der Waals surface area contributed by atoms with Crippen LogP contribution in [-0.2, 0) is 0 Å². The lowest BCUT2D eigenvalue weighted by molar-refractivity contribution is 0.0734. The van der Waals surface area contributed by atoms with Crippen molar-refractivity contribution in [3.63, 3.8) is 0 Å². The van der Waals surface area contributed by atoms with Crippen LogP contribution in [0.5, 0.6) is 0 Å². The van der Waals surface area contributed by atoms with E-state index in [0.29, 0.717) is 5.54 Å². The zero-order valence-electron chi connectivity index (χ0n) is 14.3. The van der Waals surface area contributed by atoms with E-state index in [9.17, 15) is 0 Å². The third kappa shape index (κ3) is 5.04. The molecule has 0 spiro atoms. The van der Waals surface area contributed by atoms with Gasteiger partial charge in [-0.05, 0) is 51.1 Å². The lowest BCUT2D eigenvalue weighted by Gasteiger charge is -2.43. The van der Waals surface area contributed by atoms with Gasteiger partial charge in [0.25, 0.3) is 0 Å². The minimum atomic E-state index is 0.314. The molecule has 120 valence electrons. The van der Waals surface area contributed by atoms with Gasteiger partial charge in [-0.15, -0.1) is 0 Å². The maximum Gasteiger partial charge on any atom is 0.0331 e. The van der Waals surface area contributed by atoms with Gasteiger partial charge in [0.15, 0.2) is 0 Å². The Balaban J connectivity index is 2.73. The Hall–Kier alpha value is -0.0800. The Kier molecular flexibility index (Phi) is 8.79. The first-order chi connectivity index (χ1) is 9.72. The number of rotatable bonds is 9. The molecule has 2 nitrogen and oxygen atoms in total. The third-order valence-electron chi connectivity index (χ3n) is 5.46. The van der Waals surface area contributed by atoms with Crippen molar-refractivity contribution in [2.75, 3.05) is 19.6 Å². The summed E-state index contributed by atoms with van der Waals surface area (Å²) in [5, 5.41) is 0. The van der Waals surface area contributed by atoms with Crippen molar-refractivity contribution in [3.8, 4) is 0 Å². The summed E-state index contributed by atoms with van der Waals surface area (Å²) >= 11 is 0. The topological polar surface area (TPSA) is 29.3 Å². The van der Waals surface area contributed by atoms with Crippen molar-refractivity contribution in [2.24, 2.45) is 11.7 Å². The van der Waals surface area contributed by atoms with Crippen molar-refractivity contribution >= 4 is 0 Å². The fourth-order valence-corrected chi connectivity index (χ4v) is 3.80. The summed E-state index contributed by atoms with van der Waals surface area (Å²) in [4.78, 5) is 2.78. The van der Waals surface area contributed by atoms with Crippen LogP contribution in [0.2, 0.25) is 0 Å². The second-order valence-corrected chi connectivity index (χ2v) is 6.83. The zero-order chi connectivity index (χ0) is 14.8. The van der Waals surface area contributed by atoms with E-state index in [1.165, 1.54) is 77.3 Å². The second-order valence-electron chi connectivity index (χ2n) is 6.83. The molecule has 0 saturated heterocycles. The largest absolute Gasteiger partial charge is 0.329 e. The van der Waals surface area contributed by atoms with Gasteiger partial charge >= 0.3 is 0 Å². The molecule has 0 aliphatic heterocycles. The lowest BCUT2D eigenvalue weighted by atomic mass is 9.86. The van der Waals surface area contributed by atoms with Crippen molar-refractivity contribution < 1.29 is 0 Å². The van der Waals surface area contributed by atoms with Crippen LogP contribution in [-0.4, -0.2) is 30.1 Å². The van der Waals surface area contributed by atoms with E-state index < -0.39 is 0 Å². The van der Waals surface area contributed by atoms with Gasteiger partial charge in [0.1, 0.15) is 0 Å². The minimum Gasteiger partial charge on any atom is -0.329 e. The Morgan fingerprint density at radius 3 is 2.15 bits per heavy atom. The number of nitrogens with zero attached hydrogens (tertiary/aromatic N) is 1. The molecule has 1 aliphatic carbocycles. The Bertz CT molecular complexity index is 234. The Morgan fingerprint density at radius 2 is 1.65 bits per heavy atom. The summed E-state index contributed by atoms with van der Waals surface area (Å²) < 4.78 is 0. The minimum absolute atomic E-state index is 0.314. The summed E-state index contributed by atoms with van der Waals surface area (Å²) in [5.74, 6) is 0.947. The van der Waals surface area contributed by atoms with Crippen molar-refractivity contribution in [2.45, 2.75) is 90.5 Å². The molecule has 2 heteroatoms. The van der Waals surface area contributed by atoms with Crippen molar-refractivity contribution in [1.82, 2.24) is 4.90 Å². The van der Waals surface area contributed by atoms with E-state index in [0.717, 1.165) is 12.5 Å². The van der Waals surface area contributed by atoms with E-state index in [1.54, 1.807) is 0 Å². The van der Waals surface area contributed by atoms with Crippen molar-refractivity contribution in [1.29, 1.82) is 0 Å². The fourth-order valence-electron chi connectivity index (χ4n) is 3.80. The molecule has 0 aromatic rings. The van der Waals surface area contributed by atoms with E-state index >= 15 is 0 Å². The Morgan fingerprint density at radius 1 is 1.00 bits per heavy atom. The monoisotopic (exact) mass is 282 g/mol. The molecule has 0 amide bonds. The average molecular weight is 283 g/mol. The predicted molar refractivity (Wildman–Crippen MR) is 90.0 cm³/mol. The zero-order valence-corrected chi connectivity index (χ0v) is 14.3. The van der Waals surface area contributed by atoms with Gasteiger partial charge in [-0.25, -0.2) is 0 Å². The van der Waals surface area contributed by atoms with Gasteiger partial charge in [-0.2, -0.15) is 0 Å². The number of hydrogen-bond acceptors (Lipinski definition) is 2. The van der Waals surface area contributed by atoms with E-state index in [1.807, 2.05) is 0 Å². The quantitative estimate of drug-likeness (QED) is 0.627. The molecule has 20 heavy (non-hydrogen) atoms. The standard InChI is InChI=1S/C18H38N2/c1-4-7-14-20(15-8-5-2)18(16-19)12-9-10-17(6-3)11-13-18/h17H,4-16,19H2,1-3H3. The third-order valence-corrected chi connectivity index (χ3v) is 5.46. The van der Waals surface area contributed by atoms with Gasteiger partial charge in [0.05, 0.1) is 0 Å². The first kappa shape index (κ1) is 18.0. The van der Waals surface area contributed by atoms with Gasteiger partial charge in [-0.1, -0.05) is 52.9 Å². The predicted octanol–water partition coefficient (Wildman–Crippen LogP) is 4.58. The SMILES string of the molecule is CCCCN(CCCC)C1(CN)CCCC(CC)CC1. The molecule has 0 aromatic heterocycles. The highest BCUT2D eigenvalue weighted by Gasteiger charge is 2.36. The van der Waals surface area contributed by atoms with Crippen LogP contribution >= 0.6 is 0 Å². The van der Waals surface area contributed by atoms with E-state index in [4.69, 9.17) is 5.73 Å². The molecular weight excluding hydrogens is 244 g/mol. The lowest BCUT2D eigenvalue weighted by Crippen LogP contribution is -2.54. The van der Waals surface area contributed by atoms with Crippen LogP contribution < -0.4 is 5.73 Å². The average Bonchev–Trinajstić information content (AvgIpc) is 2.70. The molecule has 1 saturated carbocycles. The van der Waals surface area contributed by atoms with Crippen LogP contribution in [0.4, 0.5) is 0 Å².